The summed E-state index contributed by atoms with van der Waals surface area (Å²) in [5.74, 6) is -1.03. The number of carboxylic acid groups (broad SMARTS) is 1. The molecule has 9 heteroatoms. The molecule has 0 aromatic carbocycles. The van der Waals surface area contributed by atoms with Gasteiger partial charge < -0.3 is 5.11 Å². The van der Waals surface area contributed by atoms with E-state index in [0.717, 1.165) is 15.6 Å². The van der Waals surface area contributed by atoms with E-state index >= 15 is 0 Å². The van der Waals surface area contributed by atoms with Crippen LogP contribution in [-0.4, -0.2) is 36.9 Å². The molecule has 0 radical (unpaired) electrons. The zero-order valence-corrected chi connectivity index (χ0v) is 13.4. The third kappa shape index (κ3) is 3.67. The van der Waals surface area contributed by atoms with Crippen molar-refractivity contribution in [3.63, 3.8) is 0 Å². The number of sulfonamides is 1. The fourth-order valence-electron chi connectivity index (χ4n) is 1.25. The Bertz CT molecular complexity index is 523. The number of hydrogen-bond donors (Lipinski definition) is 1. The van der Waals surface area contributed by atoms with E-state index in [1.807, 2.05) is 0 Å². The first-order chi connectivity index (χ1) is 8.28. The predicted molar refractivity (Wildman–Crippen MR) is 73.7 cm³/mol. The highest BCUT2D eigenvalue weighted by Crippen LogP contribution is 2.35. The lowest BCUT2D eigenvalue weighted by Gasteiger charge is -2.18. The summed E-state index contributed by atoms with van der Waals surface area (Å²) in [4.78, 5) is 10.5. The summed E-state index contributed by atoms with van der Waals surface area (Å²) in [7, 11) is -3.67. The second-order valence-electron chi connectivity index (χ2n) is 3.33. The average Bonchev–Trinajstić information content (AvgIpc) is 2.60. The van der Waals surface area contributed by atoms with Crippen molar-refractivity contribution < 1.29 is 18.3 Å². The third-order valence-corrected chi connectivity index (χ3v) is 7.04. The Labute approximate surface area is 123 Å². The molecule has 0 saturated carbocycles. The molecule has 0 atom stereocenters. The maximum absolute atomic E-state index is 12.2. The van der Waals surface area contributed by atoms with E-state index < -0.39 is 16.0 Å². The lowest BCUT2D eigenvalue weighted by molar-refractivity contribution is -0.137. The molecule has 0 unspecified atom stereocenters. The van der Waals surface area contributed by atoms with Gasteiger partial charge in [-0.25, -0.2) is 8.42 Å². The Morgan fingerprint density at radius 1 is 1.61 bits per heavy atom. The van der Waals surface area contributed by atoms with Crippen molar-refractivity contribution >= 4 is 54.9 Å². The number of carbonyl (C=O) groups is 1. The maximum atomic E-state index is 12.2. The van der Waals surface area contributed by atoms with Gasteiger partial charge in [-0.1, -0.05) is 18.5 Å². The second-order valence-corrected chi connectivity index (χ2v) is 8.27. The molecule has 1 aromatic rings. The number of halogens is 2. The van der Waals surface area contributed by atoms with E-state index in [0.29, 0.717) is 8.81 Å². The van der Waals surface area contributed by atoms with Crippen molar-refractivity contribution in [2.45, 2.75) is 17.6 Å². The van der Waals surface area contributed by atoms with E-state index in [4.69, 9.17) is 16.7 Å². The SMILES string of the molecule is CCN(CCC(=O)O)S(=O)(=O)c1cc(Cl)c(Br)s1. The molecule has 102 valence electrons. The molecule has 1 N–H and O–H groups in total. The fourth-order valence-corrected chi connectivity index (χ4v) is 5.25. The Morgan fingerprint density at radius 2 is 2.22 bits per heavy atom. The van der Waals surface area contributed by atoms with E-state index in [1.165, 1.54) is 6.07 Å². The van der Waals surface area contributed by atoms with Gasteiger partial charge >= 0.3 is 5.97 Å². The minimum atomic E-state index is -3.67. The van der Waals surface area contributed by atoms with Crippen molar-refractivity contribution in [3.05, 3.63) is 14.9 Å². The molecular weight excluding hydrogens is 366 g/mol. The Kier molecular flexibility index (Phi) is 5.60. The highest BCUT2D eigenvalue weighted by Gasteiger charge is 2.26. The Morgan fingerprint density at radius 3 is 2.61 bits per heavy atom. The van der Waals surface area contributed by atoms with Crippen LogP contribution in [0.2, 0.25) is 5.02 Å². The van der Waals surface area contributed by atoms with Gasteiger partial charge in [0.05, 0.1) is 15.2 Å². The normalized spacial score (nSPS) is 12.0. The van der Waals surface area contributed by atoms with Crippen molar-refractivity contribution in [2.24, 2.45) is 0 Å². The molecule has 1 aromatic heterocycles. The number of hydrogen-bond acceptors (Lipinski definition) is 4. The first kappa shape index (κ1) is 15.9. The van der Waals surface area contributed by atoms with E-state index in [2.05, 4.69) is 15.9 Å². The number of carboxylic acids is 1. The topological polar surface area (TPSA) is 74.7 Å². The molecular formula is C9H11BrClNO4S2. The van der Waals surface area contributed by atoms with Gasteiger partial charge in [0.25, 0.3) is 10.0 Å². The molecule has 0 aliphatic carbocycles. The van der Waals surface area contributed by atoms with Crippen LogP contribution in [0.15, 0.2) is 14.1 Å². The number of nitrogens with zero attached hydrogens (tertiary/aromatic N) is 1. The molecule has 18 heavy (non-hydrogen) atoms. The van der Waals surface area contributed by atoms with Crippen molar-refractivity contribution in [1.29, 1.82) is 0 Å². The van der Waals surface area contributed by atoms with Gasteiger partial charge in [0.15, 0.2) is 0 Å². The Balaban J connectivity index is 2.99. The second kappa shape index (κ2) is 6.33. The van der Waals surface area contributed by atoms with Gasteiger partial charge in [0.1, 0.15) is 4.21 Å². The minimum absolute atomic E-state index is 0.0543. The van der Waals surface area contributed by atoms with E-state index in [9.17, 15) is 13.2 Å². The molecule has 0 bridgehead atoms. The van der Waals surface area contributed by atoms with Gasteiger partial charge in [-0.05, 0) is 22.0 Å². The van der Waals surface area contributed by atoms with Gasteiger partial charge in [-0.2, -0.15) is 4.31 Å². The average molecular weight is 377 g/mol. The van der Waals surface area contributed by atoms with Crippen LogP contribution in [0.4, 0.5) is 0 Å². The number of thiophene rings is 1. The summed E-state index contributed by atoms with van der Waals surface area (Å²) >= 11 is 9.96. The summed E-state index contributed by atoms with van der Waals surface area (Å²) in [6, 6.07) is 1.36. The molecule has 5 nitrogen and oxygen atoms in total. The largest absolute Gasteiger partial charge is 0.481 e. The van der Waals surface area contributed by atoms with Crippen LogP contribution in [0.3, 0.4) is 0 Å². The van der Waals surface area contributed by atoms with Crippen LogP contribution >= 0.6 is 38.9 Å². The first-order valence-electron chi connectivity index (χ1n) is 4.95. The zero-order valence-electron chi connectivity index (χ0n) is 9.39. The van der Waals surface area contributed by atoms with Crippen LogP contribution in [0.25, 0.3) is 0 Å². The predicted octanol–water partition coefficient (Wildman–Crippen LogP) is 2.65. The van der Waals surface area contributed by atoms with Crippen LogP contribution in [-0.2, 0) is 14.8 Å². The molecule has 0 amide bonds. The van der Waals surface area contributed by atoms with Crippen molar-refractivity contribution in [1.82, 2.24) is 4.31 Å². The molecule has 0 spiro atoms. The highest BCUT2D eigenvalue weighted by molar-refractivity contribution is 9.11. The number of rotatable bonds is 6. The molecule has 0 saturated heterocycles. The molecule has 0 fully saturated rings. The van der Waals surface area contributed by atoms with Crippen LogP contribution in [0, 0.1) is 0 Å². The van der Waals surface area contributed by atoms with E-state index in [1.54, 1.807) is 6.92 Å². The van der Waals surface area contributed by atoms with Crippen molar-refractivity contribution in [3.8, 4) is 0 Å². The maximum Gasteiger partial charge on any atom is 0.304 e. The molecule has 1 heterocycles. The number of aliphatic carboxylic acids is 1. The van der Waals surface area contributed by atoms with Gasteiger partial charge in [-0.15, -0.1) is 11.3 Å². The summed E-state index contributed by atoms with van der Waals surface area (Å²) < 4.78 is 26.2. The summed E-state index contributed by atoms with van der Waals surface area (Å²) in [5.41, 5.74) is 0. The van der Waals surface area contributed by atoms with Crippen LogP contribution in [0.5, 0.6) is 0 Å². The van der Waals surface area contributed by atoms with E-state index in [-0.39, 0.29) is 23.7 Å². The van der Waals surface area contributed by atoms with Crippen LogP contribution in [0.1, 0.15) is 13.3 Å². The smallest absolute Gasteiger partial charge is 0.304 e. The summed E-state index contributed by atoms with van der Waals surface area (Å²) in [6.45, 7) is 1.81. The lowest BCUT2D eigenvalue weighted by atomic mass is 10.4. The quantitative estimate of drug-likeness (QED) is 0.828. The van der Waals surface area contributed by atoms with Gasteiger partial charge in [-0.3, -0.25) is 4.79 Å². The summed E-state index contributed by atoms with van der Waals surface area (Å²) in [5, 5.41) is 8.92. The van der Waals surface area contributed by atoms with Gasteiger partial charge in [0.2, 0.25) is 0 Å². The van der Waals surface area contributed by atoms with Crippen molar-refractivity contribution in [2.75, 3.05) is 13.1 Å². The van der Waals surface area contributed by atoms with Crippen LogP contribution < -0.4 is 0 Å². The molecule has 0 aliphatic rings. The highest BCUT2D eigenvalue weighted by atomic mass is 79.9. The molecule has 1 rings (SSSR count). The first-order valence-corrected chi connectivity index (χ1v) is 8.38. The zero-order chi connectivity index (χ0) is 13.9. The lowest BCUT2D eigenvalue weighted by Crippen LogP contribution is -2.32. The third-order valence-electron chi connectivity index (χ3n) is 2.14. The summed E-state index contributed by atoms with van der Waals surface area (Å²) in [6.07, 6.45) is -0.229. The molecule has 0 aliphatic heterocycles. The monoisotopic (exact) mass is 375 g/mol. The Hall–Kier alpha value is -0.150. The fraction of sp³-hybridized carbons (Fsp3) is 0.444. The standard InChI is InChI=1S/C9H11BrClNO4S2/c1-2-12(4-3-7(13)14)18(15,16)8-5-6(11)9(10)17-8/h5H,2-4H2,1H3,(H,13,14). The minimum Gasteiger partial charge on any atom is -0.481 e. The van der Waals surface area contributed by atoms with Gasteiger partial charge in [0, 0.05) is 13.1 Å².